The van der Waals surface area contributed by atoms with Gasteiger partial charge in [-0.25, -0.2) is 4.39 Å². The van der Waals surface area contributed by atoms with Crippen LogP contribution in [0.25, 0.3) is 5.69 Å². The zero-order valence-corrected chi connectivity index (χ0v) is 15.6. The average molecular weight is 392 g/mol. The molecule has 1 aromatic heterocycles. The van der Waals surface area contributed by atoms with E-state index in [1.165, 1.54) is 18.2 Å². The van der Waals surface area contributed by atoms with Crippen LogP contribution >= 0.6 is 23.4 Å². The molecular formula is C17H15ClFN5OS. The molecule has 0 saturated carbocycles. The van der Waals surface area contributed by atoms with E-state index in [2.05, 4.69) is 20.8 Å². The van der Waals surface area contributed by atoms with Crippen molar-refractivity contribution in [2.75, 3.05) is 11.1 Å². The SMILES string of the molecule is Cc1cccc(-n2nnnc2SCC(=O)Nc2cc(Cl)ccc2F)c1C. The minimum atomic E-state index is -0.548. The molecule has 0 spiro atoms. The summed E-state index contributed by atoms with van der Waals surface area (Å²) in [5.74, 6) is -0.906. The van der Waals surface area contributed by atoms with E-state index >= 15 is 0 Å². The Hall–Kier alpha value is -2.45. The Bertz CT molecular complexity index is 962. The second-order valence-corrected chi connectivity index (χ2v) is 6.93. The van der Waals surface area contributed by atoms with Crippen molar-refractivity contribution in [1.82, 2.24) is 20.2 Å². The molecule has 0 aliphatic rings. The molecule has 1 N–H and O–H groups in total. The number of nitrogens with one attached hydrogen (secondary N) is 1. The van der Waals surface area contributed by atoms with Crippen LogP contribution in [0, 0.1) is 19.7 Å². The van der Waals surface area contributed by atoms with Gasteiger partial charge in [-0.15, -0.1) is 5.10 Å². The van der Waals surface area contributed by atoms with Crippen molar-refractivity contribution < 1.29 is 9.18 Å². The lowest BCUT2D eigenvalue weighted by Crippen LogP contribution is -2.15. The number of halogens is 2. The number of benzene rings is 2. The van der Waals surface area contributed by atoms with E-state index in [9.17, 15) is 9.18 Å². The number of aryl methyl sites for hydroxylation is 1. The zero-order valence-electron chi connectivity index (χ0n) is 14.0. The normalized spacial score (nSPS) is 10.8. The summed E-state index contributed by atoms with van der Waals surface area (Å²) in [5.41, 5.74) is 3.05. The lowest BCUT2D eigenvalue weighted by atomic mass is 10.1. The molecular weight excluding hydrogens is 377 g/mol. The van der Waals surface area contributed by atoms with Crippen LogP contribution in [-0.4, -0.2) is 31.9 Å². The number of anilines is 1. The summed E-state index contributed by atoms with van der Waals surface area (Å²) in [7, 11) is 0. The molecule has 9 heteroatoms. The highest BCUT2D eigenvalue weighted by Gasteiger charge is 2.14. The second kappa shape index (κ2) is 7.84. The molecule has 1 amide bonds. The van der Waals surface area contributed by atoms with Crippen molar-refractivity contribution >= 4 is 35.0 Å². The van der Waals surface area contributed by atoms with Crippen molar-refractivity contribution in [2.24, 2.45) is 0 Å². The first-order chi connectivity index (χ1) is 12.5. The molecule has 2 aromatic carbocycles. The third kappa shape index (κ3) is 4.03. The predicted octanol–water partition coefficient (Wildman–Crippen LogP) is 3.80. The Morgan fingerprint density at radius 2 is 2.12 bits per heavy atom. The van der Waals surface area contributed by atoms with Crippen LogP contribution in [0.4, 0.5) is 10.1 Å². The van der Waals surface area contributed by atoms with E-state index in [-0.39, 0.29) is 17.3 Å². The summed E-state index contributed by atoms with van der Waals surface area (Å²) in [5, 5.41) is 15.0. The molecule has 0 atom stereocenters. The summed E-state index contributed by atoms with van der Waals surface area (Å²) in [4.78, 5) is 12.1. The van der Waals surface area contributed by atoms with Gasteiger partial charge >= 0.3 is 0 Å². The minimum absolute atomic E-state index is 0.0250. The minimum Gasteiger partial charge on any atom is -0.323 e. The van der Waals surface area contributed by atoms with Crippen LogP contribution in [0.1, 0.15) is 11.1 Å². The van der Waals surface area contributed by atoms with Crippen molar-refractivity contribution in [1.29, 1.82) is 0 Å². The number of tetrazole rings is 1. The third-order valence-corrected chi connectivity index (χ3v) is 4.93. The maximum Gasteiger partial charge on any atom is 0.234 e. The Labute approximate surface area is 158 Å². The van der Waals surface area contributed by atoms with Gasteiger partial charge in [0.2, 0.25) is 11.1 Å². The van der Waals surface area contributed by atoms with Gasteiger partial charge in [-0.05, 0) is 59.7 Å². The van der Waals surface area contributed by atoms with Gasteiger partial charge in [0.15, 0.2) is 0 Å². The van der Waals surface area contributed by atoms with Crippen molar-refractivity contribution in [3.63, 3.8) is 0 Å². The molecule has 3 aromatic rings. The van der Waals surface area contributed by atoms with Crippen LogP contribution in [-0.2, 0) is 4.79 Å². The number of rotatable bonds is 5. The Morgan fingerprint density at radius 1 is 1.31 bits per heavy atom. The summed E-state index contributed by atoms with van der Waals surface area (Å²) in [6.45, 7) is 3.98. The van der Waals surface area contributed by atoms with Crippen LogP contribution in [0.2, 0.25) is 5.02 Å². The molecule has 0 bridgehead atoms. The fourth-order valence-corrected chi connectivity index (χ4v) is 3.15. The van der Waals surface area contributed by atoms with E-state index < -0.39 is 5.82 Å². The molecule has 0 fully saturated rings. The van der Waals surface area contributed by atoms with Crippen LogP contribution in [0.5, 0.6) is 0 Å². The van der Waals surface area contributed by atoms with Gasteiger partial charge in [-0.1, -0.05) is 35.5 Å². The maximum atomic E-state index is 13.7. The van der Waals surface area contributed by atoms with E-state index in [4.69, 9.17) is 11.6 Å². The van der Waals surface area contributed by atoms with Gasteiger partial charge in [0.1, 0.15) is 5.82 Å². The smallest absolute Gasteiger partial charge is 0.234 e. The molecule has 3 rings (SSSR count). The van der Waals surface area contributed by atoms with Gasteiger partial charge < -0.3 is 5.32 Å². The van der Waals surface area contributed by atoms with Gasteiger partial charge in [0.05, 0.1) is 17.1 Å². The molecule has 134 valence electrons. The lowest BCUT2D eigenvalue weighted by molar-refractivity contribution is -0.113. The maximum absolute atomic E-state index is 13.7. The number of hydrogen-bond acceptors (Lipinski definition) is 5. The van der Waals surface area contributed by atoms with Gasteiger partial charge in [-0.3, -0.25) is 4.79 Å². The number of amides is 1. The van der Waals surface area contributed by atoms with Gasteiger partial charge in [-0.2, -0.15) is 4.68 Å². The lowest BCUT2D eigenvalue weighted by Gasteiger charge is -2.10. The van der Waals surface area contributed by atoms with Crippen molar-refractivity contribution in [3.8, 4) is 5.69 Å². The van der Waals surface area contributed by atoms with Crippen molar-refractivity contribution in [2.45, 2.75) is 19.0 Å². The molecule has 0 aliphatic carbocycles. The highest BCUT2D eigenvalue weighted by Crippen LogP contribution is 2.23. The fourth-order valence-electron chi connectivity index (χ4n) is 2.29. The van der Waals surface area contributed by atoms with Gasteiger partial charge in [0, 0.05) is 5.02 Å². The number of thioether (sulfide) groups is 1. The van der Waals surface area contributed by atoms with E-state index in [0.717, 1.165) is 28.6 Å². The van der Waals surface area contributed by atoms with E-state index in [1.807, 2.05) is 32.0 Å². The van der Waals surface area contributed by atoms with Crippen LogP contribution in [0.15, 0.2) is 41.6 Å². The first-order valence-corrected chi connectivity index (χ1v) is 9.04. The second-order valence-electron chi connectivity index (χ2n) is 5.55. The Kier molecular flexibility index (Phi) is 5.53. The Balaban J connectivity index is 1.71. The fraction of sp³-hybridized carbons (Fsp3) is 0.176. The highest BCUT2D eigenvalue weighted by atomic mass is 35.5. The van der Waals surface area contributed by atoms with Crippen LogP contribution < -0.4 is 5.32 Å². The van der Waals surface area contributed by atoms with Gasteiger partial charge in [0.25, 0.3) is 0 Å². The summed E-state index contributed by atoms with van der Waals surface area (Å²) in [6, 6.07) is 9.81. The van der Waals surface area contributed by atoms with E-state index in [0.29, 0.717) is 10.2 Å². The topological polar surface area (TPSA) is 72.7 Å². The molecule has 0 aliphatic heterocycles. The highest BCUT2D eigenvalue weighted by molar-refractivity contribution is 7.99. The molecule has 0 unspecified atom stereocenters. The summed E-state index contributed by atoms with van der Waals surface area (Å²) >= 11 is 6.98. The predicted molar refractivity (Wildman–Crippen MR) is 99.4 cm³/mol. The number of aromatic nitrogens is 4. The largest absolute Gasteiger partial charge is 0.323 e. The standard InChI is InChI=1S/C17H15ClFN5OS/c1-10-4-3-5-15(11(10)2)24-17(21-22-23-24)26-9-16(25)20-14-8-12(18)6-7-13(14)19/h3-8H,9H2,1-2H3,(H,20,25). The molecule has 26 heavy (non-hydrogen) atoms. The quantitative estimate of drug-likeness (QED) is 0.669. The van der Waals surface area contributed by atoms with E-state index in [1.54, 1.807) is 4.68 Å². The average Bonchev–Trinajstić information content (AvgIpc) is 3.07. The number of carbonyl (C=O) groups is 1. The zero-order chi connectivity index (χ0) is 18.7. The number of carbonyl (C=O) groups excluding carboxylic acids is 1. The summed E-state index contributed by atoms with van der Waals surface area (Å²) < 4.78 is 15.3. The number of hydrogen-bond donors (Lipinski definition) is 1. The first kappa shape index (κ1) is 18.3. The van der Waals surface area contributed by atoms with Crippen molar-refractivity contribution in [3.05, 3.63) is 58.4 Å². The third-order valence-electron chi connectivity index (χ3n) is 3.78. The molecule has 0 radical (unpaired) electrons. The first-order valence-electron chi connectivity index (χ1n) is 7.68. The monoisotopic (exact) mass is 391 g/mol. The summed E-state index contributed by atoms with van der Waals surface area (Å²) in [6.07, 6.45) is 0. The molecule has 0 saturated heterocycles. The van der Waals surface area contributed by atoms with Crippen LogP contribution in [0.3, 0.4) is 0 Å². The Morgan fingerprint density at radius 3 is 2.92 bits per heavy atom. The number of nitrogens with zero attached hydrogens (tertiary/aromatic N) is 4. The molecule has 6 nitrogen and oxygen atoms in total. The molecule has 1 heterocycles.